The summed E-state index contributed by atoms with van der Waals surface area (Å²) < 4.78 is 44.2. The molecular weight excluding hydrogens is 406 g/mol. The largest absolute Gasteiger partial charge is 0.496 e. The molecule has 0 heterocycles. The highest BCUT2D eigenvalue weighted by molar-refractivity contribution is 7.89. The van der Waals surface area contributed by atoms with E-state index in [0.29, 0.717) is 34.9 Å². The maximum absolute atomic E-state index is 13.5. The van der Waals surface area contributed by atoms with Crippen molar-refractivity contribution in [2.45, 2.75) is 59.3 Å². The molecular formula is C22H37NO6S. The molecule has 8 heteroatoms. The Hall–Kier alpha value is -1.64. The van der Waals surface area contributed by atoms with Gasteiger partial charge in [0.1, 0.15) is 12.4 Å². The molecule has 0 spiro atoms. The summed E-state index contributed by atoms with van der Waals surface area (Å²) in [6.45, 7) is 12.2. The van der Waals surface area contributed by atoms with Crippen molar-refractivity contribution in [1.82, 2.24) is 4.31 Å². The van der Waals surface area contributed by atoms with Gasteiger partial charge in [0.25, 0.3) is 0 Å². The average Bonchev–Trinajstić information content (AvgIpc) is 2.66. The summed E-state index contributed by atoms with van der Waals surface area (Å²) in [5.74, 6) is 0.377. The number of hydrogen-bond donors (Lipinski definition) is 0. The van der Waals surface area contributed by atoms with Crippen molar-refractivity contribution in [2.24, 2.45) is 5.92 Å². The lowest BCUT2D eigenvalue weighted by Crippen LogP contribution is -2.38. The summed E-state index contributed by atoms with van der Waals surface area (Å²) >= 11 is 0. The topological polar surface area (TPSA) is 82.1 Å². The Labute approximate surface area is 181 Å². The number of ether oxygens (including phenoxy) is 3. The Kier molecular flexibility index (Phi) is 10.8. The van der Waals surface area contributed by atoms with Crippen LogP contribution < -0.4 is 4.74 Å². The predicted molar refractivity (Wildman–Crippen MR) is 117 cm³/mol. The average molecular weight is 444 g/mol. The van der Waals surface area contributed by atoms with Crippen molar-refractivity contribution in [3.8, 4) is 5.75 Å². The van der Waals surface area contributed by atoms with Crippen LogP contribution in [-0.2, 0) is 24.3 Å². The molecule has 0 unspecified atom stereocenters. The first-order chi connectivity index (χ1) is 14.1. The van der Waals surface area contributed by atoms with Crippen LogP contribution in [0.15, 0.2) is 11.0 Å². The Balaban J connectivity index is 2.95. The number of hydrogen-bond acceptors (Lipinski definition) is 6. The third-order valence-corrected chi connectivity index (χ3v) is 6.99. The van der Waals surface area contributed by atoms with Crippen molar-refractivity contribution >= 4 is 16.0 Å². The van der Waals surface area contributed by atoms with Crippen LogP contribution in [0.25, 0.3) is 0 Å². The molecule has 1 rings (SSSR count). The van der Waals surface area contributed by atoms with Gasteiger partial charge in [0.2, 0.25) is 10.0 Å². The maximum atomic E-state index is 13.5. The molecule has 0 aliphatic rings. The van der Waals surface area contributed by atoms with Crippen molar-refractivity contribution in [3.63, 3.8) is 0 Å². The van der Waals surface area contributed by atoms with E-state index in [-0.39, 0.29) is 25.7 Å². The van der Waals surface area contributed by atoms with Crippen molar-refractivity contribution in [3.05, 3.63) is 22.8 Å². The second-order valence-electron chi connectivity index (χ2n) is 7.86. The quantitative estimate of drug-likeness (QED) is 0.342. The maximum Gasteiger partial charge on any atom is 0.332 e. The number of carbonyl (C=O) groups excluding carboxylic acids is 1. The molecule has 0 aromatic heterocycles. The molecule has 1 aromatic rings. The van der Waals surface area contributed by atoms with Gasteiger partial charge in [0, 0.05) is 13.1 Å². The second kappa shape index (κ2) is 12.3. The fraction of sp³-hybridized carbons (Fsp3) is 0.682. The first kappa shape index (κ1) is 26.4. The molecule has 0 amide bonds. The van der Waals surface area contributed by atoms with E-state index in [0.717, 1.165) is 18.4 Å². The number of sulfonamides is 1. The Morgan fingerprint density at radius 2 is 1.80 bits per heavy atom. The summed E-state index contributed by atoms with van der Waals surface area (Å²) in [6, 6.07) is 1.76. The molecule has 0 aliphatic carbocycles. The molecule has 0 bridgehead atoms. The predicted octanol–water partition coefficient (Wildman–Crippen LogP) is 3.63. The first-order valence-electron chi connectivity index (χ1n) is 10.4. The van der Waals surface area contributed by atoms with E-state index < -0.39 is 16.0 Å². The van der Waals surface area contributed by atoms with Crippen LogP contribution in [-0.4, -0.2) is 58.7 Å². The minimum absolute atomic E-state index is 0.113. The normalized spacial score (nSPS) is 11.9. The summed E-state index contributed by atoms with van der Waals surface area (Å²) in [5.41, 5.74) is 2.13. The second-order valence-corrected chi connectivity index (χ2v) is 9.73. The number of rotatable bonds is 13. The lowest BCUT2D eigenvalue weighted by molar-refractivity contribution is -0.149. The zero-order valence-corrected chi connectivity index (χ0v) is 20.2. The minimum Gasteiger partial charge on any atom is -0.496 e. The number of unbranched alkanes of at least 4 members (excludes halogenated alkanes) is 1. The Bertz CT molecular complexity index is 804. The standard InChI is InChI=1S/C22H37NO6S/c1-8-9-11-29-21(24)15-28-12-10-23(14-16(2)3)30(25,26)22-17(4)13-20(27-7)18(5)19(22)6/h13,16H,8-12,14-15H2,1-7H3. The number of methoxy groups -OCH3 is 1. The number of esters is 1. The van der Waals surface area contributed by atoms with Crippen LogP contribution in [0.1, 0.15) is 50.3 Å². The van der Waals surface area contributed by atoms with Gasteiger partial charge in [-0.2, -0.15) is 4.31 Å². The molecule has 0 saturated carbocycles. The van der Waals surface area contributed by atoms with Crippen molar-refractivity contribution in [2.75, 3.05) is 40.0 Å². The van der Waals surface area contributed by atoms with Crippen LogP contribution in [0.2, 0.25) is 0 Å². The Morgan fingerprint density at radius 3 is 2.37 bits per heavy atom. The first-order valence-corrected chi connectivity index (χ1v) is 11.9. The van der Waals surface area contributed by atoms with Gasteiger partial charge in [-0.15, -0.1) is 0 Å². The molecule has 0 aliphatic heterocycles. The van der Waals surface area contributed by atoms with E-state index in [1.165, 1.54) is 4.31 Å². The van der Waals surface area contributed by atoms with Gasteiger partial charge >= 0.3 is 5.97 Å². The summed E-state index contributed by atoms with van der Waals surface area (Å²) in [6.07, 6.45) is 1.76. The molecule has 30 heavy (non-hydrogen) atoms. The highest BCUT2D eigenvalue weighted by Gasteiger charge is 2.29. The number of benzene rings is 1. The third kappa shape index (κ3) is 7.25. The highest BCUT2D eigenvalue weighted by atomic mass is 32.2. The van der Waals surface area contributed by atoms with Crippen molar-refractivity contribution < 1.29 is 27.4 Å². The van der Waals surface area contributed by atoms with Gasteiger partial charge in [-0.3, -0.25) is 0 Å². The van der Waals surface area contributed by atoms with E-state index in [9.17, 15) is 13.2 Å². The van der Waals surface area contributed by atoms with Gasteiger partial charge in [-0.25, -0.2) is 13.2 Å². The molecule has 172 valence electrons. The van der Waals surface area contributed by atoms with Crippen molar-refractivity contribution in [1.29, 1.82) is 0 Å². The molecule has 0 saturated heterocycles. The molecule has 0 radical (unpaired) electrons. The van der Waals surface area contributed by atoms with Gasteiger partial charge in [0.15, 0.2) is 0 Å². The lowest BCUT2D eigenvalue weighted by Gasteiger charge is -2.26. The molecule has 1 aromatic carbocycles. The van der Waals surface area contributed by atoms with E-state index in [2.05, 4.69) is 0 Å². The van der Waals surface area contributed by atoms with E-state index >= 15 is 0 Å². The molecule has 7 nitrogen and oxygen atoms in total. The SMILES string of the molecule is CCCCOC(=O)COCCN(CC(C)C)S(=O)(=O)c1c(C)cc(OC)c(C)c1C. The van der Waals surface area contributed by atoms with Gasteiger partial charge in [-0.1, -0.05) is 27.2 Å². The zero-order valence-electron chi connectivity index (χ0n) is 19.4. The molecule has 0 N–H and O–H groups in total. The van der Waals surface area contributed by atoms with Crippen LogP contribution >= 0.6 is 0 Å². The van der Waals surface area contributed by atoms with E-state index in [1.54, 1.807) is 27.0 Å². The van der Waals surface area contributed by atoms with E-state index in [1.807, 2.05) is 27.7 Å². The van der Waals surface area contributed by atoms with Crippen LogP contribution in [0.5, 0.6) is 5.75 Å². The van der Waals surface area contributed by atoms with Crippen LogP contribution in [0.3, 0.4) is 0 Å². The number of nitrogens with zero attached hydrogens (tertiary/aromatic N) is 1. The zero-order chi connectivity index (χ0) is 22.9. The number of aryl methyl sites for hydroxylation is 1. The van der Waals surface area contributed by atoms with Gasteiger partial charge < -0.3 is 14.2 Å². The van der Waals surface area contributed by atoms with Gasteiger partial charge in [-0.05, 0) is 55.9 Å². The fourth-order valence-corrected chi connectivity index (χ4v) is 5.24. The Morgan fingerprint density at radius 1 is 1.13 bits per heavy atom. The van der Waals surface area contributed by atoms with Crippen LogP contribution in [0.4, 0.5) is 0 Å². The smallest absolute Gasteiger partial charge is 0.332 e. The summed E-state index contributed by atoms with van der Waals surface area (Å²) in [7, 11) is -2.17. The number of carbonyl (C=O) groups is 1. The molecule has 0 atom stereocenters. The monoisotopic (exact) mass is 443 g/mol. The minimum atomic E-state index is -3.74. The highest BCUT2D eigenvalue weighted by Crippen LogP contribution is 2.32. The summed E-state index contributed by atoms with van der Waals surface area (Å²) in [5, 5.41) is 0. The van der Waals surface area contributed by atoms with Crippen LogP contribution in [0, 0.1) is 26.7 Å². The summed E-state index contributed by atoms with van der Waals surface area (Å²) in [4.78, 5) is 12.0. The fourth-order valence-electron chi connectivity index (χ4n) is 3.17. The third-order valence-electron chi connectivity index (χ3n) is 4.83. The molecule has 0 fully saturated rings. The van der Waals surface area contributed by atoms with E-state index in [4.69, 9.17) is 14.2 Å². The van der Waals surface area contributed by atoms with Gasteiger partial charge in [0.05, 0.1) is 25.2 Å². The lowest BCUT2D eigenvalue weighted by atomic mass is 10.1.